The van der Waals surface area contributed by atoms with E-state index in [9.17, 15) is 9.59 Å². The predicted molar refractivity (Wildman–Crippen MR) is 209 cm³/mol. The molecule has 2 unspecified atom stereocenters. The van der Waals surface area contributed by atoms with Crippen LogP contribution in [-0.2, 0) is 9.59 Å². The molecule has 3 aliphatic rings. The molecule has 0 fully saturated rings. The first-order chi connectivity index (χ1) is 25.1. The van der Waals surface area contributed by atoms with Gasteiger partial charge in [-0.15, -0.1) is 0 Å². The van der Waals surface area contributed by atoms with E-state index in [4.69, 9.17) is 0 Å². The van der Waals surface area contributed by atoms with E-state index in [-0.39, 0.29) is 11.6 Å². The molecule has 0 radical (unpaired) electrons. The van der Waals surface area contributed by atoms with Gasteiger partial charge in [0.2, 0.25) is 11.6 Å². The number of benzene rings is 8. The minimum absolute atomic E-state index is 0.296. The van der Waals surface area contributed by atoms with Crippen molar-refractivity contribution in [3.63, 3.8) is 0 Å². The van der Waals surface area contributed by atoms with E-state index >= 15 is 0 Å². The number of fused-ring (bicyclic) bond motifs is 4. The molecule has 2 bridgehead atoms. The lowest BCUT2D eigenvalue weighted by molar-refractivity contribution is -0.139. The van der Waals surface area contributed by atoms with Gasteiger partial charge in [0.25, 0.3) is 0 Å². The minimum Gasteiger partial charge on any atom is -0.309 e. The quantitative estimate of drug-likeness (QED) is 0.108. The zero-order chi connectivity index (χ0) is 33.8. The van der Waals surface area contributed by atoms with Crippen LogP contribution in [0.4, 0.5) is 0 Å². The summed E-state index contributed by atoms with van der Waals surface area (Å²) in [5.74, 6) is -1.55. The zero-order valence-corrected chi connectivity index (χ0v) is 27.5. The van der Waals surface area contributed by atoms with Gasteiger partial charge in [0.1, 0.15) is 0 Å². The molecule has 0 amide bonds. The van der Waals surface area contributed by atoms with Crippen LogP contribution in [0.1, 0.15) is 5.56 Å². The number of nitrogens with zero attached hydrogens (tertiary/aromatic N) is 1. The Morgan fingerprint density at radius 2 is 1.08 bits per heavy atom. The summed E-state index contributed by atoms with van der Waals surface area (Å²) in [7, 11) is 0. The molecule has 0 saturated carbocycles. The molecule has 3 heteroatoms. The van der Waals surface area contributed by atoms with Crippen LogP contribution in [-0.4, -0.2) is 16.1 Å². The van der Waals surface area contributed by atoms with E-state index in [1.165, 1.54) is 71.0 Å². The maximum absolute atomic E-state index is 12.9. The third-order valence-electron chi connectivity index (χ3n) is 11.2. The smallest absolute Gasteiger partial charge is 0.210 e. The standard InChI is InChI=1S/C48H29NO2/c50-47-33-18-24-40(48(47)51)41(27-33)36-21-15-31-16-22-38-35(20-14-30-17-23-39(36)46(31)45(30)38)29-12-10-28(11-13-29)32-19-25-44-42(26-32)37-8-4-5-9-43(37)49(44)34-6-2-1-3-7-34/h1-27,33,40H. The number of ketones is 2. The number of aromatic nitrogens is 1. The average Bonchev–Trinajstić information content (AvgIpc) is 3.52. The summed E-state index contributed by atoms with van der Waals surface area (Å²) in [6, 6.07) is 52.5. The molecular weight excluding hydrogens is 623 g/mol. The molecule has 238 valence electrons. The Labute approximate surface area is 293 Å². The van der Waals surface area contributed by atoms with Gasteiger partial charge in [-0.1, -0.05) is 133 Å². The maximum Gasteiger partial charge on any atom is 0.210 e. The van der Waals surface area contributed by atoms with Crippen LogP contribution >= 0.6 is 0 Å². The van der Waals surface area contributed by atoms with Crippen LogP contribution in [0.3, 0.4) is 0 Å². The minimum atomic E-state index is -0.502. The molecule has 8 aromatic carbocycles. The van der Waals surface area contributed by atoms with E-state index < -0.39 is 11.8 Å². The fraction of sp³-hybridized carbons (Fsp3) is 0.0417. The van der Waals surface area contributed by atoms with Gasteiger partial charge < -0.3 is 4.57 Å². The first kappa shape index (κ1) is 28.3. The highest BCUT2D eigenvalue weighted by Crippen LogP contribution is 2.45. The van der Waals surface area contributed by atoms with Crippen LogP contribution in [0, 0.1) is 11.8 Å². The molecule has 1 heterocycles. The Morgan fingerprint density at radius 1 is 0.451 bits per heavy atom. The fourth-order valence-electron chi connectivity index (χ4n) is 8.81. The zero-order valence-electron chi connectivity index (χ0n) is 27.5. The van der Waals surface area contributed by atoms with Gasteiger partial charge in [0.05, 0.1) is 22.9 Å². The van der Waals surface area contributed by atoms with Crippen molar-refractivity contribution in [1.82, 2.24) is 4.57 Å². The maximum atomic E-state index is 12.9. The fourth-order valence-corrected chi connectivity index (χ4v) is 8.81. The number of allylic oxidation sites excluding steroid dienone is 4. The summed E-state index contributed by atoms with van der Waals surface area (Å²) >= 11 is 0. The van der Waals surface area contributed by atoms with E-state index in [0.717, 1.165) is 22.2 Å². The van der Waals surface area contributed by atoms with Crippen molar-refractivity contribution < 1.29 is 9.59 Å². The number of hydrogen-bond donors (Lipinski definition) is 0. The second-order valence-electron chi connectivity index (χ2n) is 13.9. The van der Waals surface area contributed by atoms with E-state index in [1.807, 2.05) is 18.2 Å². The van der Waals surface area contributed by atoms with Crippen molar-refractivity contribution in [1.29, 1.82) is 0 Å². The van der Waals surface area contributed by atoms with Crippen molar-refractivity contribution in [3.05, 3.63) is 169 Å². The summed E-state index contributed by atoms with van der Waals surface area (Å²) < 4.78 is 2.35. The van der Waals surface area contributed by atoms with Gasteiger partial charge in [0, 0.05) is 16.5 Å². The Kier molecular flexibility index (Phi) is 5.80. The van der Waals surface area contributed by atoms with Crippen molar-refractivity contribution in [2.45, 2.75) is 0 Å². The van der Waals surface area contributed by atoms with Crippen molar-refractivity contribution in [3.8, 4) is 27.9 Å². The third kappa shape index (κ3) is 4.00. The summed E-state index contributed by atoms with van der Waals surface area (Å²) in [5, 5.41) is 9.60. The highest BCUT2D eigenvalue weighted by molar-refractivity contribution is 6.44. The van der Waals surface area contributed by atoms with E-state index in [1.54, 1.807) is 0 Å². The summed E-state index contributed by atoms with van der Waals surface area (Å²) in [5.41, 5.74) is 10.3. The number of Topliss-reactive ketones (excluding diaryl/α,β-unsaturated/α-hetero) is 2. The van der Waals surface area contributed by atoms with E-state index in [2.05, 4.69) is 150 Å². The normalized spacial score (nSPS) is 17.1. The summed E-state index contributed by atoms with van der Waals surface area (Å²) in [4.78, 5) is 25.4. The molecule has 1 aromatic heterocycles. The second kappa shape index (κ2) is 10.5. The first-order valence-electron chi connectivity index (χ1n) is 17.5. The molecule has 3 aliphatic carbocycles. The summed E-state index contributed by atoms with van der Waals surface area (Å²) in [6.07, 6.45) is 5.77. The highest BCUT2D eigenvalue weighted by atomic mass is 16.2. The van der Waals surface area contributed by atoms with Crippen molar-refractivity contribution >= 4 is 71.3 Å². The number of para-hydroxylation sites is 2. The molecule has 9 aromatic rings. The van der Waals surface area contributed by atoms with Gasteiger partial charge in [0.15, 0.2) is 0 Å². The second-order valence-corrected chi connectivity index (χ2v) is 13.9. The molecule has 12 rings (SSSR count). The number of rotatable bonds is 4. The van der Waals surface area contributed by atoms with Gasteiger partial charge in [-0.25, -0.2) is 0 Å². The highest BCUT2D eigenvalue weighted by Gasteiger charge is 2.39. The molecular formula is C48H29NO2. The van der Waals surface area contributed by atoms with Gasteiger partial charge in [-0.05, 0) is 96.0 Å². The largest absolute Gasteiger partial charge is 0.309 e. The number of carbonyl (C=O) groups is 2. The SMILES string of the molecule is O=C1C(=O)C2C=CC1C=C2c1ccc2ccc3c(-c4ccc(-c5ccc6c(c5)c5ccccc5n6-c5ccccc5)cc4)ccc4ccc1c2c43. The Morgan fingerprint density at radius 3 is 1.84 bits per heavy atom. The van der Waals surface area contributed by atoms with Gasteiger partial charge in [-0.2, -0.15) is 0 Å². The van der Waals surface area contributed by atoms with Crippen LogP contribution in [0.15, 0.2) is 164 Å². The average molecular weight is 652 g/mol. The van der Waals surface area contributed by atoms with Crippen LogP contribution in [0.25, 0.3) is 87.6 Å². The molecule has 0 N–H and O–H groups in total. The molecule has 51 heavy (non-hydrogen) atoms. The Bertz CT molecular complexity index is 3000. The lowest BCUT2D eigenvalue weighted by Crippen LogP contribution is -2.36. The first-order valence-corrected chi connectivity index (χ1v) is 17.5. The van der Waals surface area contributed by atoms with Crippen LogP contribution in [0.5, 0.6) is 0 Å². The van der Waals surface area contributed by atoms with Gasteiger partial charge in [-0.3, -0.25) is 9.59 Å². The Balaban J connectivity index is 1.02. The predicted octanol–water partition coefficient (Wildman–Crippen LogP) is 11.4. The lowest BCUT2D eigenvalue weighted by Gasteiger charge is -2.29. The van der Waals surface area contributed by atoms with E-state index in [0.29, 0.717) is 0 Å². The van der Waals surface area contributed by atoms with Crippen LogP contribution < -0.4 is 0 Å². The van der Waals surface area contributed by atoms with Gasteiger partial charge >= 0.3 is 0 Å². The van der Waals surface area contributed by atoms with Crippen molar-refractivity contribution in [2.75, 3.05) is 0 Å². The molecule has 0 aliphatic heterocycles. The molecule has 2 atom stereocenters. The number of hydrogen-bond acceptors (Lipinski definition) is 2. The molecule has 0 spiro atoms. The Hall–Kier alpha value is -6.58. The monoisotopic (exact) mass is 651 g/mol. The molecule has 0 saturated heterocycles. The lowest BCUT2D eigenvalue weighted by atomic mass is 9.72. The number of carbonyl (C=O) groups excluding carboxylic acids is 2. The third-order valence-corrected chi connectivity index (χ3v) is 11.2. The molecule has 3 nitrogen and oxygen atoms in total. The van der Waals surface area contributed by atoms with Crippen molar-refractivity contribution in [2.24, 2.45) is 11.8 Å². The summed E-state index contributed by atoms with van der Waals surface area (Å²) in [6.45, 7) is 0. The van der Waals surface area contributed by atoms with Crippen LogP contribution in [0.2, 0.25) is 0 Å². The topological polar surface area (TPSA) is 39.1 Å².